The number of rotatable bonds is 4. The predicted molar refractivity (Wildman–Crippen MR) is 100 cm³/mol. The second kappa shape index (κ2) is 7.76. The van der Waals surface area contributed by atoms with Gasteiger partial charge in [0.25, 0.3) is 0 Å². The van der Waals surface area contributed by atoms with Gasteiger partial charge >= 0.3 is 11.8 Å². The zero-order chi connectivity index (χ0) is 19.4. The van der Waals surface area contributed by atoms with Gasteiger partial charge in [-0.25, -0.2) is 0 Å². The van der Waals surface area contributed by atoms with Crippen LogP contribution in [-0.4, -0.2) is 33.7 Å². The Kier molecular flexibility index (Phi) is 5.23. The summed E-state index contributed by atoms with van der Waals surface area (Å²) in [5, 5.41) is 35.2. The van der Waals surface area contributed by atoms with E-state index >= 15 is 0 Å². The average Bonchev–Trinajstić information content (AvgIpc) is 2.67. The van der Waals surface area contributed by atoms with Crippen LogP contribution in [0.3, 0.4) is 0 Å². The third kappa shape index (κ3) is 4.16. The van der Waals surface area contributed by atoms with Crippen molar-refractivity contribution >= 4 is 28.3 Å². The van der Waals surface area contributed by atoms with Crippen molar-refractivity contribution in [2.45, 2.75) is 6.10 Å². The average molecular weight is 366 g/mol. The van der Waals surface area contributed by atoms with Crippen molar-refractivity contribution in [1.82, 2.24) is 5.32 Å². The molecule has 3 rings (SSSR count). The van der Waals surface area contributed by atoms with E-state index in [-0.39, 0.29) is 18.0 Å². The summed E-state index contributed by atoms with van der Waals surface area (Å²) in [7, 11) is 0. The van der Waals surface area contributed by atoms with Gasteiger partial charge in [0.05, 0.1) is 6.10 Å². The van der Waals surface area contributed by atoms with Gasteiger partial charge in [0, 0.05) is 23.0 Å². The summed E-state index contributed by atoms with van der Waals surface area (Å²) in [6.07, 6.45) is -1.02. The molecule has 3 aromatic carbocycles. The topological polar surface area (TPSA) is 119 Å². The number of hydrogen-bond acceptors (Lipinski definition) is 5. The van der Waals surface area contributed by atoms with Crippen molar-refractivity contribution in [2.24, 2.45) is 0 Å². The largest absolute Gasteiger partial charge is 0.508 e. The third-order valence-electron chi connectivity index (χ3n) is 4.09. The van der Waals surface area contributed by atoms with Crippen molar-refractivity contribution in [3.63, 3.8) is 0 Å². The first-order valence-corrected chi connectivity index (χ1v) is 8.22. The minimum absolute atomic E-state index is 0.0653. The van der Waals surface area contributed by atoms with Crippen LogP contribution in [0.4, 0.5) is 5.69 Å². The molecule has 0 bridgehead atoms. The predicted octanol–water partition coefficient (Wildman–Crippen LogP) is 2.04. The van der Waals surface area contributed by atoms with Crippen molar-refractivity contribution in [3.8, 4) is 11.5 Å². The fourth-order valence-corrected chi connectivity index (χ4v) is 2.67. The maximum Gasteiger partial charge on any atom is 0.313 e. The molecule has 0 fully saturated rings. The molecule has 0 radical (unpaired) electrons. The van der Waals surface area contributed by atoms with Crippen LogP contribution < -0.4 is 10.6 Å². The van der Waals surface area contributed by atoms with Gasteiger partial charge < -0.3 is 26.0 Å². The van der Waals surface area contributed by atoms with Gasteiger partial charge in [0.15, 0.2) is 0 Å². The van der Waals surface area contributed by atoms with E-state index in [1.165, 1.54) is 30.3 Å². The number of anilines is 1. The standard InChI is InChI=1S/C20H18N2O5/c23-13-9-7-12(8-10-13)18(25)11-21-19(26)20(27)22-16-5-1-4-15-14(16)3-2-6-17(15)24/h1-10,18,23-25H,11H2,(H,21,26)(H,22,27). The number of aliphatic hydroxyl groups excluding tert-OH is 1. The number of aromatic hydroxyl groups is 2. The Morgan fingerprint density at radius 1 is 0.852 bits per heavy atom. The number of amides is 2. The molecule has 27 heavy (non-hydrogen) atoms. The van der Waals surface area contributed by atoms with E-state index in [0.29, 0.717) is 22.0 Å². The number of phenolic OH excluding ortho intramolecular Hbond substituents is 2. The quantitative estimate of drug-likeness (QED) is 0.453. The monoisotopic (exact) mass is 366 g/mol. The Labute approximate surface area is 154 Å². The molecule has 1 unspecified atom stereocenters. The second-order valence-corrected chi connectivity index (χ2v) is 5.95. The number of carbonyl (C=O) groups excluding carboxylic acids is 2. The fourth-order valence-electron chi connectivity index (χ4n) is 2.67. The number of phenols is 2. The number of fused-ring (bicyclic) bond motifs is 1. The Bertz CT molecular complexity index is 985. The number of hydrogen-bond donors (Lipinski definition) is 5. The molecule has 7 nitrogen and oxygen atoms in total. The molecule has 1 atom stereocenters. The van der Waals surface area contributed by atoms with Crippen LogP contribution in [-0.2, 0) is 9.59 Å². The van der Waals surface area contributed by atoms with E-state index < -0.39 is 17.9 Å². The van der Waals surface area contributed by atoms with Crippen LogP contribution in [0, 0.1) is 0 Å². The highest BCUT2D eigenvalue weighted by Gasteiger charge is 2.17. The van der Waals surface area contributed by atoms with Crippen LogP contribution in [0.2, 0.25) is 0 Å². The molecule has 138 valence electrons. The normalized spacial score (nSPS) is 11.7. The van der Waals surface area contributed by atoms with Crippen LogP contribution in [0.15, 0.2) is 60.7 Å². The molecule has 0 saturated carbocycles. The van der Waals surface area contributed by atoms with Crippen molar-refractivity contribution in [3.05, 3.63) is 66.2 Å². The lowest BCUT2D eigenvalue weighted by Gasteiger charge is -2.13. The van der Waals surface area contributed by atoms with Gasteiger partial charge in [-0.2, -0.15) is 0 Å². The van der Waals surface area contributed by atoms with Crippen molar-refractivity contribution in [1.29, 1.82) is 0 Å². The fraction of sp³-hybridized carbons (Fsp3) is 0.100. The Morgan fingerprint density at radius 3 is 2.26 bits per heavy atom. The molecule has 0 aliphatic carbocycles. The van der Waals surface area contributed by atoms with E-state index in [2.05, 4.69) is 10.6 Å². The lowest BCUT2D eigenvalue weighted by Crippen LogP contribution is -2.37. The summed E-state index contributed by atoms with van der Waals surface area (Å²) in [6, 6.07) is 15.8. The first-order valence-electron chi connectivity index (χ1n) is 8.22. The van der Waals surface area contributed by atoms with Gasteiger partial charge in [-0.15, -0.1) is 0 Å². The van der Waals surface area contributed by atoms with Crippen molar-refractivity contribution < 1.29 is 24.9 Å². The molecule has 3 aromatic rings. The zero-order valence-electron chi connectivity index (χ0n) is 14.2. The summed E-state index contributed by atoms with van der Waals surface area (Å²) >= 11 is 0. The molecule has 0 aromatic heterocycles. The molecule has 0 heterocycles. The minimum Gasteiger partial charge on any atom is -0.508 e. The summed E-state index contributed by atoms with van der Waals surface area (Å²) in [5.74, 6) is -1.64. The number of carbonyl (C=O) groups is 2. The summed E-state index contributed by atoms with van der Waals surface area (Å²) < 4.78 is 0. The van der Waals surface area contributed by atoms with Crippen LogP contribution in [0.5, 0.6) is 11.5 Å². The highest BCUT2D eigenvalue weighted by Crippen LogP contribution is 2.29. The first kappa shape index (κ1) is 18.2. The second-order valence-electron chi connectivity index (χ2n) is 5.95. The summed E-state index contributed by atoms with van der Waals surface area (Å²) in [4.78, 5) is 24.2. The van der Waals surface area contributed by atoms with Crippen LogP contribution in [0.1, 0.15) is 11.7 Å². The maximum atomic E-state index is 12.1. The van der Waals surface area contributed by atoms with Gasteiger partial charge in [0.2, 0.25) is 0 Å². The lowest BCUT2D eigenvalue weighted by molar-refractivity contribution is -0.136. The van der Waals surface area contributed by atoms with Crippen LogP contribution >= 0.6 is 0 Å². The molecule has 7 heteroatoms. The van der Waals surface area contributed by atoms with Gasteiger partial charge in [0.1, 0.15) is 11.5 Å². The van der Waals surface area contributed by atoms with E-state index in [9.17, 15) is 24.9 Å². The Balaban J connectivity index is 1.64. The number of nitrogens with one attached hydrogen (secondary N) is 2. The smallest absolute Gasteiger partial charge is 0.313 e. The molecule has 0 aliphatic heterocycles. The highest BCUT2D eigenvalue weighted by molar-refractivity contribution is 6.40. The molecule has 2 amide bonds. The van der Waals surface area contributed by atoms with Gasteiger partial charge in [-0.3, -0.25) is 9.59 Å². The Hall–Kier alpha value is -3.58. The van der Waals surface area contributed by atoms with Crippen LogP contribution in [0.25, 0.3) is 10.8 Å². The molecule has 5 N–H and O–H groups in total. The van der Waals surface area contributed by atoms with E-state index in [4.69, 9.17) is 0 Å². The van der Waals surface area contributed by atoms with E-state index in [1.807, 2.05) is 0 Å². The van der Waals surface area contributed by atoms with Gasteiger partial charge in [-0.1, -0.05) is 36.4 Å². The number of benzene rings is 3. The van der Waals surface area contributed by atoms with Gasteiger partial charge in [-0.05, 0) is 29.8 Å². The SMILES string of the molecule is O=C(NCC(O)c1ccc(O)cc1)C(=O)Nc1cccc2c(O)cccc12. The van der Waals surface area contributed by atoms with Crippen molar-refractivity contribution in [2.75, 3.05) is 11.9 Å². The lowest BCUT2D eigenvalue weighted by atomic mass is 10.1. The molecule has 0 saturated heterocycles. The first-order chi connectivity index (χ1) is 13.0. The molecule has 0 aliphatic rings. The molecule has 0 spiro atoms. The molecular formula is C20H18N2O5. The summed E-state index contributed by atoms with van der Waals surface area (Å²) in [6.45, 7) is -0.159. The highest BCUT2D eigenvalue weighted by atomic mass is 16.3. The zero-order valence-corrected chi connectivity index (χ0v) is 14.2. The molecular weight excluding hydrogens is 348 g/mol. The third-order valence-corrected chi connectivity index (χ3v) is 4.09. The minimum atomic E-state index is -1.02. The summed E-state index contributed by atoms with van der Waals surface area (Å²) in [5.41, 5.74) is 0.890. The number of aliphatic hydroxyl groups is 1. The van der Waals surface area contributed by atoms with E-state index in [0.717, 1.165) is 0 Å². The van der Waals surface area contributed by atoms with E-state index in [1.54, 1.807) is 30.3 Å². The Morgan fingerprint density at radius 2 is 1.52 bits per heavy atom. The maximum absolute atomic E-state index is 12.1.